The molecule has 1 spiro atoms. The van der Waals surface area contributed by atoms with Gasteiger partial charge in [0.2, 0.25) is 0 Å². The van der Waals surface area contributed by atoms with Crippen molar-refractivity contribution in [3.05, 3.63) is 12.7 Å². The molecule has 3 nitrogen and oxygen atoms in total. The van der Waals surface area contributed by atoms with Crippen molar-refractivity contribution in [2.75, 3.05) is 19.8 Å². The Kier molecular flexibility index (Phi) is 3.44. The molecule has 3 unspecified atom stereocenters. The van der Waals surface area contributed by atoms with Crippen molar-refractivity contribution in [3.63, 3.8) is 0 Å². The third-order valence-electron chi connectivity index (χ3n) is 3.41. The number of rotatable bonds is 3. The van der Waals surface area contributed by atoms with Crippen molar-refractivity contribution >= 4 is 0 Å². The first-order valence-electron chi connectivity index (χ1n) is 5.84. The van der Waals surface area contributed by atoms with Crippen molar-refractivity contribution in [2.45, 2.75) is 43.9 Å². The summed E-state index contributed by atoms with van der Waals surface area (Å²) in [7, 11) is 0. The van der Waals surface area contributed by atoms with Gasteiger partial charge in [0, 0.05) is 31.7 Å². The molecule has 0 aromatic heterocycles. The highest BCUT2D eigenvalue weighted by molar-refractivity contribution is 4.95. The van der Waals surface area contributed by atoms with Crippen LogP contribution in [0.3, 0.4) is 0 Å². The fourth-order valence-corrected chi connectivity index (χ4v) is 2.47. The predicted molar refractivity (Wildman–Crippen MR) is 59.9 cm³/mol. The summed E-state index contributed by atoms with van der Waals surface area (Å²) in [4.78, 5) is 0. The summed E-state index contributed by atoms with van der Waals surface area (Å²) >= 11 is 0. The Labute approximate surface area is 91.8 Å². The van der Waals surface area contributed by atoms with E-state index in [2.05, 4.69) is 18.8 Å². The molecule has 2 rings (SSSR count). The zero-order chi connectivity index (χ0) is 10.7. The van der Waals surface area contributed by atoms with E-state index in [1.807, 2.05) is 6.08 Å². The topological polar surface area (TPSA) is 30.5 Å². The Morgan fingerprint density at radius 1 is 1.53 bits per heavy atom. The van der Waals surface area contributed by atoms with Gasteiger partial charge in [-0.05, 0) is 19.8 Å². The van der Waals surface area contributed by atoms with Crippen LogP contribution in [0.1, 0.15) is 26.2 Å². The zero-order valence-corrected chi connectivity index (χ0v) is 9.50. The monoisotopic (exact) mass is 211 g/mol. The molecule has 3 atom stereocenters. The van der Waals surface area contributed by atoms with Crippen molar-refractivity contribution in [1.82, 2.24) is 5.32 Å². The summed E-state index contributed by atoms with van der Waals surface area (Å²) in [6.07, 6.45) is 5.17. The largest absolute Gasteiger partial charge is 0.378 e. The van der Waals surface area contributed by atoms with E-state index in [-0.39, 0.29) is 5.60 Å². The first kappa shape index (κ1) is 11.1. The lowest BCUT2D eigenvalue weighted by Crippen LogP contribution is -2.49. The van der Waals surface area contributed by atoms with Crippen LogP contribution in [0.4, 0.5) is 0 Å². The summed E-state index contributed by atoms with van der Waals surface area (Å²) in [5, 5.41) is 3.57. The van der Waals surface area contributed by atoms with Crippen LogP contribution in [-0.4, -0.2) is 37.5 Å². The molecule has 0 saturated carbocycles. The standard InChI is InChI=1S/C12H21NO2/c1-3-10(2)13-11-4-6-15-12(8-11)5-7-14-9-12/h3,10-11,13H,1,4-9H2,2H3. The van der Waals surface area contributed by atoms with E-state index in [9.17, 15) is 0 Å². The fourth-order valence-electron chi connectivity index (χ4n) is 2.47. The Morgan fingerprint density at radius 2 is 2.40 bits per heavy atom. The molecule has 0 aromatic rings. The normalized spacial score (nSPS) is 38.1. The molecule has 2 fully saturated rings. The number of hydrogen-bond donors (Lipinski definition) is 1. The molecule has 0 aromatic carbocycles. The van der Waals surface area contributed by atoms with Gasteiger partial charge >= 0.3 is 0 Å². The van der Waals surface area contributed by atoms with Gasteiger partial charge in [-0.2, -0.15) is 0 Å². The van der Waals surface area contributed by atoms with E-state index in [0.717, 1.165) is 39.1 Å². The second kappa shape index (κ2) is 4.64. The van der Waals surface area contributed by atoms with E-state index >= 15 is 0 Å². The molecule has 0 radical (unpaired) electrons. The third kappa shape index (κ3) is 2.60. The summed E-state index contributed by atoms with van der Waals surface area (Å²) in [6, 6.07) is 0.931. The van der Waals surface area contributed by atoms with E-state index < -0.39 is 0 Å². The molecule has 2 heterocycles. The maximum atomic E-state index is 5.88. The minimum atomic E-state index is 0.0107. The van der Waals surface area contributed by atoms with Crippen LogP contribution in [-0.2, 0) is 9.47 Å². The van der Waals surface area contributed by atoms with Gasteiger partial charge in [0.15, 0.2) is 0 Å². The summed E-state index contributed by atoms with van der Waals surface area (Å²) in [5.74, 6) is 0. The maximum Gasteiger partial charge on any atom is 0.0951 e. The van der Waals surface area contributed by atoms with Crippen molar-refractivity contribution < 1.29 is 9.47 Å². The van der Waals surface area contributed by atoms with Gasteiger partial charge in [0.1, 0.15) is 0 Å². The summed E-state index contributed by atoms with van der Waals surface area (Å²) in [6.45, 7) is 8.41. The Bertz CT molecular complexity index is 224. The van der Waals surface area contributed by atoms with Crippen LogP contribution in [0, 0.1) is 0 Å². The van der Waals surface area contributed by atoms with E-state index in [1.54, 1.807) is 0 Å². The summed E-state index contributed by atoms with van der Waals surface area (Å²) in [5.41, 5.74) is 0.0107. The number of nitrogens with one attached hydrogen (secondary N) is 1. The average molecular weight is 211 g/mol. The SMILES string of the molecule is C=CC(C)NC1CCOC2(CCOC2)C1. The second-order valence-corrected chi connectivity index (χ2v) is 4.71. The molecule has 0 aliphatic carbocycles. The highest BCUT2D eigenvalue weighted by Crippen LogP contribution is 2.32. The highest BCUT2D eigenvalue weighted by Gasteiger charge is 2.40. The van der Waals surface area contributed by atoms with Crippen molar-refractivity contribution in [2.24, 2.45) is 0 Å². The second-order valence-electron chi connectivity index (χ2n) is 4.71. The van der Waals surface area contributed by atoms with Gasteiger partial charge in [-0.25, -0.2) is 0 Å². The Morgan fingerprint density at radius 3 is 3.07 bits per heavy atom. The van der Waals surface area contributed by atoms with Crippen LogP contribution < -0.4 is 5.32 Å². The first-order valence-corrected chi connectivity index (χ1v) is 5.84. The van der Waals surface area contributed by atoms with Gasteiger partial charge in [0.05, 0.1) is 12.2 Å². The minimum absolute atomic E-state index is 0.0107. The van der Waals surface area contributed by atoms with Gasteiger partial charge in [-0.15, -0.1) is 6.58 Å². The third-order valence-corrected chi connectivity index (χ3v) is 3.41. The molecule has 1 N–H and O–H groups in total. The lowest BCUT2D eigenvalue weighted by Gasteiger charge is -2.38. The van der Waals surface area contributed by atoms with Crippen molar-refractivity contribution in [1.29, 1.82) is 0 Å². The van der Waals surface area contributed by atoms with Gasteiger partial charge < -0.3 is 14.8 Å². The highest BCUT2D eigenvalue weighted by atomic mass is 16.6. The zero-order valence-electron chi connectivity index (χ0n) is 9.50. The first-order chi connectivity index (χ1) is 7.24. The summed E-state index contributed by atoms with van der Waals surface area (Å²) < 4.78 is 11.3. The molecule has 86 valence electrons. The van der Waals surface area contributed by atoms with Crippen LogP contribution in [0.15, 0.2) is 12.7 Å². The lowest BCUT2D eigenvalue weighted by molar-refractivity contribution is -0.0897. The van der Waals surface area contributed by atoms with E-state index in [0.29, 0.717) is 12.1 Å². The molecule has 0 bridgehead atoms. The molecular formula is C12H21NO2. The van der Waals surface area contributed by atoms with E-state index in [1.165, 1.54) is 0 Å². The molecule has 2 saturated heterocycles. The Balaban J connectivity index is 1.89. The van der Waals surface area contributed by atoms with Gasteiger partial charge in [-0.1, -0.05) is 6.08 Å². The lowest BCUT2D eigenvalue weighted by atomic mass is 9.89. The molecule has 3 heteroatoms. The molecule has 2 aliphatic rings. The molecule has 0 amide bonds. The maximum absolute atomic E-state index is 5.88. The van der Waals surface area contributed by atoms with Crippen LogP contribution in [0.2, 0.25) is 0 Å². The molecular weight excluding hydrogens is 190 g/mol. The fraction of sp³-hybridized carbons (Fsp3) is 0.833. The molecule has 2 aliphatic heterocycles. The number of hydrogen-bond acceptors (Lipinski definition) is 3. The van der Waals surface area contributed by atoms with Crippen LogP contribution >= 0.6 is 0 Å². The van der Waals surface area contributed by atoms with E-state index in [4.69, 9.17) is 9.47 Å². The average Bonchev–Trinajstić information content (AvgIpc) is 2.66. The van der Waals surface area contributed by atoms with Gasteiger partial charge in [-0.3, -0.25) is 0 Å². The van der Waals surface area contributed by atoms with Gasteiger partial charge in [0.25, 0.3) is 0 Å². The number of ether oxygens (including phenoxy) is 2. The van der Waals surface area contributed by atoms with Crippen LogP contribution in [0.5, 0.6) is 0 Å². The van der Waals surface area contributed by atoms with Crippen LogP contribution in [0.25, 0.3) is 0 Å². The predicted octanol–water partition coefficient (Wildman–Crippen LogP) is 1.49. The Hall–Kier alpha value is -0.380. The minimum Gasteiger partial charge on any atom is -0.378 e. The molecule has 15 heavy (non-hydrogen) atoms. The quantitative estimate of drug-likeness (QED) is 0.717. The smallest absolute Gasteiger partial charge is 0.0951 e. The van der Waals surface area contributed by atoms with Crippen molar-refractivity contribution in [3.8, 4) is 0 Å².